The topological polar surface area (TPSA) is 25.2 Å². The zero-order valence-electron chi connectivity index (χ0n) is 9.89. The molecule has 16 heavy (non-hydrogen) atoms. The second-order valence-corrected chi connectivity index (χ2v) is 6.24. The van der Waals surface area contributed by atoms with Gasteiger partial charge in [0.25, 0.3) is 0 Å². The lowest BCUT2D eigenvalue weighted by molar-refractivity contribution is 0.205. The van der Waals surface area contributed by atoms with E-state index in [1.54, 1.807) is 0 Å². The summed E-state index contributed by atoms with van der Waals surface area (Å²) in [6, 6.07) is 4.07. The second kappa shape index (κ2) is 5.54. The van der Waals surface area contributed by atoms with Gasteiger partial charge in [-0.1, -0.05) is 26.2 Å². The van der Waals surface area contributed by atoms with Gasteiger partial charge in [-0.25, -0.2) is 0 Å². The normalized spacial score (nSPS) is 19.9. The molecule has 1 aromatic heterocycles. The first-order valence-electron chi connectivity index (χ1n) is 6.13. The maximum atomic E-state index is 5.53. The van der Waals surface area contributed by atoms with Gasteiger partial charge in [0.2, 0.25) is 0 Å². The minimum atomic E-state index is 0.512. The molecule has 0 bridgehead atoms. The van der Waals surface area contributed by atoms with Crippen molar-refractivity contribution in [3.05, 3.63) is 21.7 Å². The largest absolute Gasteiger partial charge is 0.454 e. The Morgan fingerprint density at radius 3 is 2.69 bits per heavy atom. The van der Waals surface area contributed by atoms with E-state index >= 15 is 0 Å². The highest BCUT2D eigenvalue weighted by atomic mass is 127. The molecule has 1 aliphatic carbocycles. The van der Waals surface area contributed by atoms with Crippen LogP contribution in [0.1, 0.15) is 44.8 Å². The molecule has 1 aliphatic rings. The Kier molecular flexibility index (Phi) is 4.30. The van der Waals surface area contributed by atoms with Gasteiger partial charge in [-0.05, 0) is 53.0 Å². The summed E-state index contributed by atoms with van der Waals surface area (Å²) in [6.45, 7) is 4.38. The molecule has 90 valence electrons. The molecule has 2 nitrogen and oxygen atoms in total. The lowest BCUT2D eigenvalue weighted by Crippen LogP contribution is -2.33. The predicted octanol–water partition coefficient (Wildman–Crippen LogP) is 3.94. The minimum absolute atomic E-state index is 0.512. The number of hydrogen-bond donors (Lipinski definition) is 1. The molecular weight excluding hydrogens is 313 g/mol. The van der Waals surface area contributed by atoms with E-state index in [-0.39, 0.29) is 0 Å². The van der Waals surface area contributed by atoms with Crippen LogP contribution in [0.5, 0.6) is 0 Å². The van der Waals surface area contributed by atoms with Crippen LogP contribution in [0.15, 0.2) is 16.5 Å². The van der Waals surface area contributed by atoms with Gasteiger partial charge in [0.15, 0.2) is 3.77 Å². The molecule has 0 aliphatic heterocycles. The lowest BCUT2D eigenvalue weighted by atomic mass is 9.76. The minimum Gasteiger partial charge on any atom is -0.454 e. The summed E-state index contributed by atoms with van der Waals surface area (Å²) in [5, 5.41) is 3.53. The van der Waals surface area contributed by atoms with Crippen LogP contribution < -0.4 is 5.32 Å². The van der Waals surface area contributed by atoms with E-state index in [1.807, 2.05) is 6.07 Å². The first-order valence-corrected chi connectivity index (χ1v) is 7.21. The molecule has 0 spiro atoms. The lowest BCUT2D eigenvalue weighted by Gasteiger charge is -2.33. The van der Waals surface area contributed by atoms with Crippen molar-refractivity contribution in [3.63, 3.8) is 0 Å². The molecule has 1 aromatic rings. The van der Waals surface area contributed by atoms with Crippen molar-refractivity contribution in [2.24, 2.45) is 5.41 Å². The van der Waals surface area contributed by atoms with Gasteiger partial charge in [-0.3, -0.25) is 0 Å². The average molecular weight is 333 g/mol. The standard InChI is InChI=1S/C13H20INO/c1-13(7-3-2-4-8-13)10-15-9-11-5-6-12(14)16-11/h5-6,15H,2-4,7-10H2,1H3. The SMILES string of the molecule is CC1(CNCc2ccc(I)o2)CCCCC1. The van der Waals surface area contributed by atoms with Gasteiger partial charge in [0.1, 0.15) is 5.76 Å². The van der Waals surface area contributed by atoms with Crippen LogP contribution >= 0.6 is 22.6 Å². The third kappa shape index (κ3) is 3.48. The van der Waals surface area contributed by atoms with E-state index in [1.165, 1.54) is 32.1 Å². The van der Waals surface area contributed by atoms with Crippen LogP contribution in [0, 0.1) is 9.18 Å². The Hall–Kier alpha value is -0.0300. The second-order valence-electron chi connectivity index (χ2n) is 5.18. The summed E-state index contributed by atoms with van der Waals surface area (Å²) in [5.41, 5.74) is 0.512. The van der Waals surface area contributed by atoms with Crippen LogP contribution in [0.4, 0.5) is 0 Å². The number of halogens is 1. The van der Waals surface area contributed by atoms with Crippen LogP contribution in [-0.4, -0.2) is 6.54 Å². The van der Waals surface area contributed by atoms with E-state index in [4.69, 9.17) is 4.42 Å². The molecule has 0 atom stereocenters. The summed E-state index contributed by atoms with van der Waals surface area (Å²) in [6.07, 6.45) is 6.96. The zero-order chi connectivity index (χ0) is 11.4. The molecule has 3 heteroatoms. The van der Waals surface area contributed by atoms with Crippen molar-refractivity contribution >= 4 is 22.6 Å². The van der Waals surface area contributed by atoms with Gasteiger partial charge < -0.3 is 9.73 Å². The zero-order valence-corrected chi connectivity index (χ0v) is 12.0. The number of furan rings is 1. The molecule has 1 fully saturated rings. The fourth-order valence-corrected chi connectivity index (χ4v) is 2.98. The van der Waals surface area contributed by atoms with Gasteiger partial charge >= 0.3 is 0 Å². The van der Waals surface area contributed by atoms with Gasteiger partial charge in [-0.15, -0.1) is 0 Å². The molecule has 1 heterocycles. The number of nitrogens with one attached hydrogen (secondary N) is 1. The van der Waals surface area contributed by atoms with Crippen LogP contribution in [-0.2, 0) is 6.54 Å². The van der Waals surface area contributed by atoms with E-state index in [0.717, 1.165) is 22.6 Å². The Labute approximate surface area is 111 Å². The summed E-state index contributed by atoms with van der Waals surface area (Å²) in [7, 11) is 0. The van der Waals surface area contributed by atoms with E-state index < -0.39 is 0 Å². The Morgan fingerprint density at radius 1 is 1.31 bits per heavy atom. The average Bonchev–Trinajstić information content (AvgIpc) is 2.65. The molecule has 0 amide bonds. The van der Waals surface area contributed by atoms with Crippen molar-refractivity contribution < 1.29 is 4.42 Å². The third-order valence-corrected chi connectivity index (χ3v) is 4.12. The van der Waals surface area contributed by atoms with E-state index in [0.29, 0.717) is 5.41 Å². The monoisotopic (exact) mass is 333 g/mol. The Morgan fingerprint density at radius 2 is 2.06 bits per heavy atom. The van der Waals surface area contributed by atoms with Crippen LogP contribution in [0.2, 0.25) is 0 Å². The fraction of sp³-hybridized carbons (Fsp3) is 0.692. The molecule has 2 rings (SSSR count). The molecule has 0 aromatic carbocycles. The number of rotatable bonds is 4. The summed E-state index contributed by atoms with van der Waals surface area (Å²) in [5.74, 6) is 1.05. The highest BCUT2D eigenvalue weighted by molar-refractivity contribution is 14.1. The third-order valence-electron chi connectivity index (χ3n) is 3.54. The molecular formula is C13H20INO. The fourth-order valence-electron chi connectivity index (χ4n) is 2.52. The van der Waals surface area contributed by atoms with Crippen molar-refractivity contribution in [3.8, 4) is 0 Å². The van der Waals surface area contributed by atoms with E-state index in [9.17, 15) is 0 Å². The summed E-state index contributed by atoms with van der Waals surface area (Å²) < 4.78 is 6.50. The van der Waals surface area contributed by atoms with Gasteiger partial charge in [0.05, 0.1) is 6.54 Å². The highest BCUT2D eigenvalue weighted by Crippen LogP contribution is 2.34. The molecule has 1 saturated carbocycles. The van der Waals surface area contributed by atoms with Gasteiger partial charge in [0, 0.05) is 6.54 Å². The van der Waals surface area contributed by atoms with Crippen molar-refractivity contribution in [1.82, 2.24) is 5.32 Å². The maximum absolute atomic E-state index is 5.53. The summed E-state index contributed by atoms with van der Waals surface area (Å²) in [4.78, 5) is 0. The molecule has 0 unspecified atom stereocenters. The smallest absolute Gasteiger partial charge is 0.164 e. The van der Waals surface area contributed by atoms with E-state index in [2.05, 4.69) is 40.9 Å². The maximum Gasteiger partial charge on any atom is 0.164 e. The summed E-state index contributed by atoms with van der Waals surface area (Å²) >= 11 is 2.20. The molecule has 0 radical (unpaired) electrons. The van der Waals surface area contributed by atoms with Crippen molar-refractivity contribution in [2.75, 3.05) is 6.54 Å². The van der Waals surface area contributed by atoms with Crippen LogP contribution in [0.25, 0.3) is 0 Å². The molecule has 0 saturated heterocycles. The van der Waals surface area contributed by atoms with Gasteiger partial charge in [-0.2, -0.15) is 0 Å². The van der Waals surface area contributed by atoms with Crippen molar-refractivity contribution in [2.45, 2.75) is 45.6 Å². The first-order chi connectivity index (χ1) is 7.68. The van der Waals surface area contributed by atoms with Crippen molar-refractivity contribution in [1.29, 1.82) is 0 Å². The highest BCUT2D eigenvalue weighted by Gasteiger charge is 2.26. The Balaban J connectivity index is 1.74. The van der Waals surface area contributed by atoms with Crippen LogP contribution in [0.3, 0.4) is 0 Å². The predicted molar refractivity (Wildman–Crippen MR) is 74.3 cm³/mol. The Bertz CT molecular complexity index is 328. The first kappa shape index (κ1) is 12.4. The molecule has 1 N–H and O–H groups in total. The number of hydrogen-bond acceptors (Lipinski definition) is 2. The quantitative estimate of drug-likeness (QED) is 0.844.